The van der Waals surface area contributed by atoms with Crippen LogP contribution in [-0.4, -0.2) is 42.0 Å². The predicted molar refractivity (Wildman–Crippen MR) is 96.7 cm³/mol. The summed E-state index contributed by atoms with van der Waals surface area (Å²) in [6, 6.07) is 18.6. The van der Waals surface area contributed by atoms with Crippen LogP contribution in [0.3, 0.4) is 0 Å². The zero-order valence-electron chi connectivity index (χ0n) is 14.2. The van der Waals surface area contributed by atoms with Gasteiger partial charge in [0.2, 0.25) is 0 Å². The van der Waals surface area contributed by atoms with Crippen molar-refractivity contribution < 1.29 is 4.79 Å². The highest BCUT2D eigenvalue weighted by Crippen LogP contribution is 2.12. The molecule has 0 aromatic heterocycles. The van der Waals surface area contributed by atoms with E-state index in [4.69, 9.17) is 0 Å². The highest BCUT2D eigenvalue weighted by atomic mass is 16.2. The van der Waals surface area contributed by atoms with Crippen molar-refractivity contribution in [2.45, 2.75) is 20.0 Å². The van der Waals surface area contributed by atoms with Crippen LogP contribution < -0.4 is 5.32 Å². The Bertz CT molecular complexity index is 664. The molecule has 0 unspecified atom stereocenters. The topological polar surface area (TPSA) is 35.6 Å². The van der Waals surface area contributed by atoms with E-state index in [-0.39, 0.29) is 6.03 Å². The Morgan fingerprint density at radius 3 is 2.33 bits per heavy atom. The first-order chi connectivity index (χ1) is 11.7. The van der Waals surface area contributed by atoms with Crippen molar-refractivity contribution in [1.82, 2.24) is 15.1 Å². The minimum atomic E-state index is 0.0365. The van der Waals surface area contributed by atoms with Crippen LogP contribution in [0.1, 0.15) is 16.7 Å². The van der Waals surface area contributed by atoms with Gasteiger partial charge in [0.25, 0.3) is 0 Å². The summed E-state index contributed by atoms with van der Waals surface area (Å²) in [6.45, 7) is 7.12. The number of rotatable bonds is 4. The fourth-order valence-electron chi connectivity index (χ4n) is 3.02. The number of nitrogens with zero attached hydrogens (tertiary/aromatic N) is 2. The molecule has 3 rings (SSSR count). The maximum atomic E-state index is 12.3. The van der Waals surface area contributed by atoms with Crippen molar-refractivity contribution in [3.8, 4) is 0 Å². The van der Waals surface area contributed by atoms with E-state index >= 15 is 0 Å². The smallest absolute Gasteiger partial charge is 0.317 e. The molecule has 1 N–H and O–H groups in total. The number of hydrogen-bond acceptors (Lipinski definition) is 2. The summed E-state index contributed by atoms with van der Waals surface area (Å²) in [5, 5.41) is 3.01. The number of piperazine rings is 1. The summed E-state index contributed by atoms with van der Waals surface area (Å²) in [6.07, 6.45) is 0. The summed E-state index contributed by atoms with van der Waals surface area (Å²) in [5.41, 5.74) is 3.84. The lowest BCUT2D eigenvalue weighted by Crippen LogP contribution is -2.51. The van der Waals surface area contributed by atoms with Crippen LogP contribution in [0.5, 0.6) is 0 Å². The molecule has 4 heteroatoms. The molecule has 0 atom stereocenters. The highest BCUT2D eigenvalue weighted by molar-refractivity contribution is 5.74. The molecule has 4 nitrogen and oxygen atoms in total. The molecule has 0 aliphatic carbocycles. The molecule has 1 aliphatic heterocycles. The van der Waals surface area contributed by atoms with Crippen LogP contribution in [0.4, 0.5) is 4.79 Å². The Balaban J connectivity index is 1.44. The zero-order valence-corrected chi connectivity index (χ0v) is 14.2. The van der Waals surface area contributed by atoms with Gasteiger partial charge in [-0.2, -0.15) is 0 Å². The van der Waals surface area contributed by atoms with E-state index in [2.05, 4.69) is 41.4 Å². The quantitative estimate of drug-likeness (QED) is 0.939. The van der Waals surface area contributed by atoms with Gasteiger partial charge in [-0.3, -0.25) is 4.90 Å². The largest absolute Gasteiger partial charge is 0.334 e. The SMILES string of the molecule is Cc1ccccc1CN1CCN(C(=O)NCc2ccccc2)CC1. The van der Waals surface area contributed by atoms with Gasteiger partial charge < -0.3 is 10.2 Å². The lowest BCUT2D eigenvalue weighted by Gasteiger charge is -2.35. The van der Waals surface area contributed by atoms with Gasteiger partial charge >= 0.3 is 6.03 Å². The van der Waals surface area contributed by atoms with Gasteiger partial charge in [0, 0.05) is 39.3 Å². The monoisotopic (exact) mass is 323 g/mol. The second-order valence-electron chi connectivity index (χ2n) is 6.33. The Labute approximate surface area is 144 Å². The van der Waals surface area contributed by atoms with Gasteiger partial charge in [0.15, 0.2) is 0 Å². The first kappa shape index (κ1) is 16.5. The van der Waals surface area contributed by atoms with Gasteiger partial charge in [-0.1, -0.05) is 54.6 Å². The Morgan fingerprint density at radius 2 is 1.62 bits per heavy atom. The summed E-state index contributed by atoms with van der Waals surface area (Å²) in [7, 11) is 0. The normalized spacial score (nSPS) is 15.3. The number of carbonyl (C=O) groups is 1. The number of urea groups is 1. The van der Waals surface area contributed by atoms with E-state index < -0.39 is 0 Å². The molecule has 0 bridgehead atoms. The number of hydrogen-bond donors (Lipinski definition) is 1. The molecule has 2 amide bonds. The summed E-state index contributed by atoms with van der Waals surface area (Å²) >= 11 is 0. The molecule has 1 fully saturated rings. The molecule has 1 aliphatic rings. The molecule has 2 aromatic rings. The molecule has 2 aromatic carbocycles. The molecule has 1 heterocycles. The van der Waals surface area contributed by atoms with E-state index in [0.29, 0.717) is 6.54 Å². The number of nitrogens with one attached hydrogen (secondary N) is 1. The predicted octanol–water partition coefficient (Wildman–Crippen LogP) is 3.02. The van der Waals surface area contributed by atoms with Crippen molar-refractivity contribution in [1.29, 1.82) is 0 Å². The summed E-state index contributed by atoms with van der Waals surface area (Å²) in [4.78, 5) is 16.6. The fraction of sp³-hybridized carbons (Fsp3) is 0.350. The third kappa shape index (κ3) is 4.36. The molecule has 0 radical (unpaired) electrons. The molecule has 0 saturated carbocycles. The van der Waals surface area contributed by atoms with Crippen LogP contribution in [0.2, 0.25) is 0 Å². The maximum Gasteiger partial charge on any atom is 0.317 e. The van der Waals surface area contributed by atoms with Crippen molar-refractivity contribution in [3.63, 3.8) is 0 Å². The first-order valence-corrected chi connectivity index (χ1v) is 8.56. The summed E-state index contributed by atoms with van der Waals surface area (Å²) in [5.74, 6) is 0. The third-order valence-corrected chi connectivity index (χ3v) is 4.60. The molecular weight excluding hydrogens is 298 g/mol. The van der Waals surface area contributed by atoms with Crippen molar-refractivity contribution >= 4 is 6.03 Å². The number of carbonyl (C=O) groups excluding carboxylic acids is 1. The minimum absolute atomic E-state index is 0.0365. The average molecular weight is 323 g/mol. The van der Waals surface area contributed by atoms with Crippen molar-refractivity contribution in [2.75, 3.05) is 26.2 Å². The third-order valence-electron chi connectivity index (χ3n) is 4.60. The van der Waals surface area contributed by atoms with Crippen LogP contribution in [0, 0.1) is 6.92 Å². The van der Waals surface area contributed by atoms with Crippen LogP contribution in [0.15, 0.2) is 54.6 Å². The Morgan fingerprint density at radius 1 is 0.958 bits per heavy atom. The van der Waals surface area contributed by atoms with Gasteiger partial charge in [-0.25, -0.2) is 4.79 Å². The zero-order chi connectivity index (χ0) is 16.8. The lowest BCUT2D eigenvalue weighted by atomic mass is 10.1. The lowest BCUT2D eigenvalue weighted by molar-refractivity contribution is 0.135. The Kier molecular flexibility index (Phi) is 5.49. The van der Waals surface area contributed by atoms with E-state index in [1.807, 2.05) is 35.2 Å². The number of benzene rings is 2. The van der Waals surface area contributed by atoms with E-state index in [1.165, 1.54) is 11.1 Å². The van der Waals surface area contributed by atoms with E-state index in [0.717, 1.165) is 38.3 Å². The van der Waals surface area contributed by atoms with Crippen molar-refractivity contribution in [2.24, 2.45) is 0 Å². The highest BCUT2D eigenvalue weighted by Gasteiger charge is 2.21. The van der Waals surface area contributed by atoms with E-state index in [1.54, 1.807) is 0 Å². The molecule has 126 valence electrons. The van der Waals surface area contributed by atoms with Gasteiger partial charge in [0.1, 0.15) is 0 Å². The summed E-state index contributed by atoms with van der Waals surface area (Å²) < 4.78 is 0. The molecular formula is C20H25N3O. The second-order valence-corrected chi connectivity index (χ2v) is 6.33. The molecule has 0 spiro atoms. The van der Waals surface area contributed by atoms with E-state index in [9.17, 15) is 4.79 Å². The second kappa shape index (κ2) is 7.97. The molecule has 24 heavy (non-hydrogen) atoms. The average Bonchev–Trinajstić information content (AvgIpc) is 2.63. The first-order valence-electron chi connectivity index (χ1n) is 8.56. The standard InChI is InChI=1S/C20H25N3O/c1-17-7-5-6-10-19(17)16-22-11-13-23(14-12-22)20(24)21-15-18-8-3-2-4-9-18/h2-10H,11-16H2,1H3,(H,21,24). The minimum Gasteiger partial charge on any atom is -0.334 e. The van der Waals surface area contributed by atoms with Crippen LogP contribution in [-0.2, 0) is 13.1 Å². The van der Waals surface area contributed by atoms with Crippen LogP contribution >= 0.6 is 0 Å². The maximum absolute atomic E-state index is 12.3. The van der Waals surface area contributed by atoms with Crippen LogP contribution in [0.25, 0.3) is 0 Å². The number of amides is 2. The van der Waals surface area contributed by atoms with Gasteiger partial charge in [0.05, 0.1) is 0 Å². The molecule has 1 saturated heterocycles. The van der Waals surface area contributed by atoms with Gasteiger partial charge in [-0.15, -0.1) is 0 Å². The number of aryl methyl sites for hydroxylation is 1. The van der Waals surface area contributed by atoms with Gasteiger partial charge in [-0.05, 0) is 23.6 Å². The Hall–Kier alpha value is -2.33. The fourth-order valence-corrected chi connectivity index (χ4v) is 3.02. The van der Waals surface area contributed by atoms with Crippen molar-refractivity contribution in [3.05, 3.63) is 71.3 Å².